The van der Waals surface area contributed by atoms with Crippen LogP contribution in [0.4, 0.5) is 0 Å². The maximum atomic E-state index is 6.31. The highest BCUT2D eigenvalue weighted by Crippen LogP contribution is 2.51. The molecule has 2 fully saturated rings. The van der Waals surface area contributed by atoms with Gasteiger partial charge in [0.25, 0.3) is 0 Å². The highest BCUT2D eigenvalue weighted by atomic mass is 15.2. The van der Waals surface area contributed by atoms with Crippen molar-refractivity contribution in [2.75, 3.05) is 39.8 Å². The molecule has 124 valence electrons. The highest BCUT2D eigenvalue weighted by Gasteiger charge is 2.48. The number of nitrogens with zero attached hydrogens (tertiary/aromatic N) is 2. The predicted octanol–water partition coefficient (Wildman–Crippen LogP) is 2.95. The quantitative estimate of drug-likeness (QED) is 0.846. The van der Waals surface area contributed by atoms with Crippen LogP contribution in [0.2, 0.25) is 0 Å². The third kappa shape index (κ3) is 4.20. The van der Waals surface area contributed by atoms with Gasteiger partial charge in [0.1, 0.15) is 0 Å². The minimum Gasteiger partial charge on any atom is -0.329 e. The van der Waals surface area contributed by atoms with E-state index in [-0.39, 0.29) is 5.54 Å². The third-order valence-corrected chi connectivity index (χ3v) is 5.71. The number of likely N-dealkylation sites (N-methyl/N-ethyl adjacent to an activating group) is 1. The summed E-state index contributed by atoms with van der Waals surface area (Å²) < 4.78 is 0. The summed E-state index contributed by atoms with van der Waals surface area (Å²) in [6, 6.07) is 0. The van der Waals surface area contributed by atoms with E-state index in [2.05, 4.69) is 44.5 Å². The maximum Gasteiger partial charge on any atom is 0.0339 e. The van der Waals surface area contributed by atoms with Gasteiger partial charge in [-0.2, -0.15) is 0 Å². The largest absolute Gasteiger partial charge is 0.329 e. The van der Waals surface area contributed by atoms with Crippen molar-refractivity contribution in [2.45, 2.75) is 65.3 Å². The number of hydrogen-bond acceptors (Lipinski definition) is 3. The fourth-order valence-electron chi connectivity index (χ4n) is 5.37. The summed E-state index contributed by atoms with van der Waals surface area (Å²) in [5, 5.41) is 0. The molecule has 2 N–H and O–H groups in total. The van der Waals surface area contributed by atoms with Gasteiger partial charge in [0, 0.05) is 25.2 Å². The summed E-state index contributed by atoms with van der Waals surface area (Å²) in [6.07, 6.45) is 6.53. The molecule has 0 atom stereocenters. The van der Waals surface area contributed by atoms with E-state index in [0.717, 1.165) is 13.1 Å². The highest BCUT2D eigenvalue weighted by molar-refractivity contribution is 5.04. The molecule has 0 aromatic heterocycles. The average Bonchev–Trinajstić information content (AvgIpc) is 2.85. The zero-order valence-electron chi connectivity index (χ0n) is 15.0. The minimum absolute atomic E-state index is 0.185. The van der Waals surface area contributed by atoms with E-state index < -0.39 is 0 Å². The van der Waals surface area contributed by atoms with Crippen molar-refractivity contribution in [1.82, 2.24) is 9.80 Å². The number of likely N-dealkylation sites (tertiary alicyclic amines) is 1. The SMILES string of the molecule is CN(CCN1CCCC1)C1(CN)CC(C)(C)CC(C)(C)C1. The van der Waals surface area contributed by atoms with E-state index in [1.165, 1.54) is 51.7 Å². The Labute approximate surface area is 132 Å². The van der Waals surface area contributed by atoms with E-state index in [0.29, 0.717) is 10.8 Å². The fraction of sp³-hybridized carbons (Fsp3) is 1.00. The van der Waals surface area contributed by atoms with Crippen LogP contribution in [0.1, 0.15) is 59.8 Å². The average molecular weight is 296 g/mol. The Morgan fingerprint density at radius 1 is 0.952 bits per heavy atom. The first kappa shape index (κ1) is 17.2. The van der Waals surface area contributed by atoms with Gasteiger partial charge in [0.05, 0.1) is 0 Å². The van der Waals surface area contributed by atoms with Crippen molar-refractivity contribution < 1.29 is 0 Å². The molecule has 21 heavy (non-hydrogen) atoms. The fourth-order valence-corrected chi connectivity index (χ4v) is 5.37. The van der Waals surface area contributed by atoms with Gasteiger partial charge in [0.15, 0.2) is 0 Å². The van der Waals surface area contributed by atoms with Crippen molar-refractivity contribution in [3.8, 4) is 0 Å². The Kier molecular flexibility index (Phi) is 5.07. The van der Waals surface area contributed by atoms with Crippen LogP contribution in [0.3, 0.4) is 0 Å². The predicted molar refractivity (Wildman–Crippen MR) is 91.5 cm³/mol. The molecule has 3 heteroatoms. The van der Waals surface area contributed by atoms with Gasteiger partial charge >= 0.3 is 0 Å². The van der Waals surface area contributed by atoms with Crippen LogP contribution in [-0.2, 0) is 0 Å². The second-order valence-corrected chi connectivity index (χ2v) is 9.26. The first-order chi connectivity index (χ1) is 9.68. The Morgan fingerprint density at radius 3 is 1.95 bits per heavy atom. The summed E-state index contributed by atoms with van der Waals surface area (Å²) in [5.41, 5.74) is 7.28. The Bertz CT molecular complexity index is 326. The molecule has 0 amide bonds. The topological polar surface area (TPSA) is 32.5 Å². The molecule has 1 saturated heterocycles. The molecular weight excluding hydrogens is 258 g/mol. The van der Waals surface area contributed by atoms with Crippen LogP contribution in [0, 0.1) is 10.8 Å². The number of nitrogens with two attached hydrogens (primary N) is 1. The lowest BCUT2D eigenvalue weighted by molar-refractivity contribution is -0.0340. The van der Waals surface area contributed by atoms with Crippen LogP contribution < -0.4 is 5.73 Å². The van der Waals surface area contributed by atoms with Crippen LogP contribution in [0.5, 0.6) is 0 Å². The van der Waals surface area contributed by atoms with Gasteiger partial charge in [-0.15, -0.1) is 0 Å². The lowest BCUT2D eigenvalue weighted by Crippen LogP contribution is -2.60. The smallest absolute Gasteiger partial charge is 0.0339 e. The maximum absolute atomic E-state index is 6.31. The van der Waals surface area contributed by atoms with Crippen LogP contribution in [0.25, 0.3) is 0 Å². The molecule has 0 radical (unpaired) electrons. The summed E-state index contributed by atoms with van der Waals surface area (Å²) >= 11 is 0. The van der Waals surface area contributed by atoms with Gasteiger partial charge in [0.2, 0.25) is 0 Å². The molecular formula is C18H37N3. The van der Waals surface area contributed by atoms with E-state index in [1.807, 2.05) is 0 Å². The van der Waals surface area contributed by atoms with Gasteiger partial charge in [-0.3, -0.25) is 4.90 Å². The summed E-state index contributed by atoms with van der Waals surface area (Å²) in [4.78, 5) is 5.20. The van der Waals surface area contributed by atoms with Crippen molar-refractivity contribution >= 4 is 0 Å². The van der Waals surface area contributed by atoms with Crippen LogP contribution >= 0.6 is 0 Å². The molecule has 1 saturated carbocycles. The Balaban J connectivity index is 2.04. The molecule has 0 aromatic carbocycles. The molecule has 1 heterocycles. The number of rotatable bonds is 5. The molecule has 0 aromatic rings. The van der Waals surface area contributed by atoms with Crippen molar-refractivity contribution in [2.24, 2.45) is 16.6 Å². The second-order valence-electron chi connectivity index (χ2n) is 9.26. The third-order valence-electron chi connectivity index (χ3n) is 5.71. The summed E-state index contributed by atoms with van der Waals surface area (Å²) in [5.74, 6) is 0. The van der Waals surface area contributed by atoms with Crippen molar-refractivity contribution in [3.63, 3.8) is 0 Å². The van der Waals surface area contributed by atoms with Gasteiger partial charge < -0.3 is 10.6 Å². The minimum atomic E-state index is 0.185. The normalized spacial score (nSPS) is 28.1. The van der Waals surface area contributed by atoms with Crippen molar-refractivity contribution in [3.05, 3.63) is 0 Å². The number of hydrogen-bond donors (Lipinski definition) is 1. The van der Waals surface area contributed by atoms with E-state index in [4.69, 9.17) is 5.73 Å². The zero-order valence-corrected chi connectivity index (χ0v) is 15.0. The van der Waals surface area contributed by atoms with Crippen molar-refractivity contribution in [1.29, 1.82) is 0 Å². The molecule has 0 bridgehead atoms. The standard InChI is InChI=1S/C18H37N3/c1-16(2)12-17(3,4)14-18(13-16,15-19)20(5)10-11-21-8-6-7-9-21/h6-15,19H2,1-5H3. The first-order valence-corrected chi connectivity index (χ1v) is 8.82. The van der Waals surface area contributed by atoms with Crippen LogP contribution in [-0.4, -0.2) is 55.1 Å². The molecule has 2 rings (SSSR count). The monoisotopic (exact) mass is 295 g/mol. The van der Waals surface area contributed by atoms with Crippen LogP contribution in [0.15, 0.2) is 0 Å². The van der Waals surface area contributed by atoms with Gasteiger partial charge in [-0.05, 0) is 63.1 Å². The van der Waals surface area contributed by atoms with E-state index >= 15 is 0 Å². The lowest BCUT2D eigenvalue weighted by Gasteiger charge is -2.55. The van der Waals surface area contributed by atoms with Gasteiger partial charge in [-0.25, -0.2) is 0 Å². The first-order valence-electron chi connectivity index (χ1n) is 8.82. The molecule has 0 spiro atoms. The van der Waals surface area contributed by atoms with Gasteiger partial charge in [-0.1, -0.05) is 27.7 Å². The molecule has 2 aliphatic rings. The Morgan fingerprint density at radius 2 is 1.48 bits per heavy atom. The lowest BCUT2D eigenvalue weighted by atomic mass is 9.58. The molecule has 1 aliphatic carbocycles. The summed E-state index contributed by atoms with van der Waals surface area (Å²) in [7, 11) is 2.31. The Hall–Kier alpha value is -0.120. The summed E-state index contributed by atoms with van der Waals surface area (Å²) in [6.45, 7) is 15.4. The van der Waals surface area contributed by atoms with E-state index in [1.54, 1.807) is 0 Å². The zero-order chi connectivity index (χ0) is 15.7. The molecule has 3 nitrogen and oxygen atoms in total. The van der Waals surface area contributed by atoms with E-state index in [9.17, 15) is 0 Å². The molecule has 0 unspecified atom stereocenters. The second kappa shape index (κ2) is 6.17. The molecule has 1 aliphatic heterocycles.